The van der Waals surface area contributed by atoms with Crippen LogP contribution >= 0.6 is 11.8 Å². The minimum atomic E-state index is 0.573. The third-order valence-corrected chi connectivity index (χ3v) is 3.19. The first-order valence-electron chi connectivity index (χ1n) is 4.78. The van der Waals surface area contributed by atoms with E-state index in [4.69, 9.17) is 10.5 Å². The summed E-state index contributed by atoms with van der Waals surface area (Å²) in [4.78, 5) is 1.07. The molecule has 0 saturated carbocycles. The lowest BCUT2D eigenvalue weighted by Gasteiger charge is -2.10. The van der Waals surface area contributed by atoms with Crippen LogP contribution in [0.4, 0.5) is 5.82 Å². The molecule has 0 amide bonds. The number of nitrogens with zero attached hydrogens (tertiary/aromatic N) is 1. The highest BCUT2D eigenvalue weighted by molar-refractivity contribution is 7.98. The summed E-state index contributed by atoms with van der Waals surface area (Å²) >= 11 is 1.63. The number of ether oxygens (including phenoxy) is 1. The maximum absolute atomic E-state index is 5.82. The van der Waals surface area contributed by atoms with Crippen LogP contribution in [0, 0.1) is 0 Å². The van der Waals surface area contributed by atoms with E-state index in [2.05, 4.69) is 10.2 Å². The Morgan fingerprint density at radius 2 is 2.19 bits per heavy atom. The van der Waals surface area contributed by atoms with E-state index < -0.39 is 0 Å². The number of hydrogen-bond donors (Lipinski definition) is 2. The number of thioether (sulfide) groups is 1. The molecular weight excluding hydrogens is 222 g/mol. The van der Waals surface area contributed by atoms with Crippen LogP contribution in [0.1, 0.15) is 0 Å². The quantitative estimate of drug-likeness (QED) is 0.802. The van der Waals surface area contributed by atoms with Gasteiger partial charge in [-0.2, -0.15) is 5.10 Å². The zero-order chi connectivity index (χ0) is 11.5. The summed E-state index contributed by atoms with van der Waals surface area (Å²) < 4.78 is 5.32. The third-order valence-electron chi connectivity index (χ3n) is 2.36. The van der Waals surface area contributed by atoms with Gasteiger partial charge in [-0.3, -0.25) is 5.10 Å². The molecule has 1 heterocycles. The lowest BCUT2D eigenvalue weighted by Crippen LogP contribution is -1.92. The maximum Gasteiger partial charge on any atom is 0.133 e. The van der Waals surface area contributed by atoms with E-state index in [0.717, 1.165) is 21.8 Å². The van der Waals surface area contributed by atoms with Gasteiger partial charge < -0.3 is 10.5 Å². The Morgan fingerprint density at radius 1 is 1.38 bits per heavy atom. The van der Waals surface area contributed by atoms with Crippen LogP contribution in [0.3, 0.4) is 0 Å². The predicted octanol–water partition coefficient (Wildman–Crippen LogP) is 2.39. The molecule has 2 rings (SSSR count). The molecule has 16 heavy (non-hydrogen) atoms. The molecule has 0 bridgehead atoms. The van der Waals surface area contributed by atoms with E-state index in [0.29, 0.717) is 5.82 Å². The van der Waals surface area contributed by atoms with Gasteiger partial charge in [0, 0.05) is 11.1 Å². The van der Waals surface area contributed by atoms with E-state index in [1.54, 1.807) is 25.1 Å². The molecule has 5 heteroatoms. The number of hydrogen-bond acceptors (Lipinski definition) is 4. The fraction of sp³-hybridized carbons (Fsp3) is 0.182. The number of rotatable bonds is 3. The molecule has 2 aromatic rings. The van der Waals surface area contributed by atoms with Crippen LogP contribution < -0.4 is 10.5 Å². The Bertz CT molecular complexity index is 496. The van der Waals surface area contributed by atoms with Gasteiger partial charge in [-0.1, -0.05) is 12.1 Å². The van der Waals surface area contributed by atoms with Gasteiger partial charge in [0.1, 0.15) is 11.6 Å². The Kier molecular flexibility index (Phi) is 3.05. The normalized spacial score (nSPS) is 10.4. The lowest BCUT2D eigenvalue weighted by atomic mass is 10.1. The standard InChI is InChI=1S/C11H13N3OS/c1-15-9-5-3-4-7(10(9)16-2)8-6-13-14-11(8)12/h3-6H,1-2H3,(H3,12,13,14). The number of benzene rings is 1. The summed E-state index contributed by atoms with van der Waals surface area (Å²) in [7, 11) is 1.66. The summed E-state index contributed by atoms with van der Waals surface area (Å²) in [6.45, 7) is 0. The number of nitrogen functional groups attached to an aromatic ring is 1. The minimum absolute atomic E-state index is 0.573. The van der Waals surface area contributed by atoms with Gasteiger partial charge in [-0.25, -0.2) is 0 Å². The van der Waals surface area contributed by atoms with Crippen molar-refractivity contribution in [2.75, 3.05) is 19.1 Å². The molecule has 1 aromatic heterocycles. The molecule has 0 atom stereocenters. The number of nitrogens with two attached hydrogens (primary N) is 1. The maximum atomic E-state index is 5.82. The van der Waals surface area contributed by atoms with Gasteiger partial charge >= 0.3 is 0 Å². The van der Waals surface area contributed by atoms with Crippen molar-refractivity contribution in [1.29, 1.82) is 0 Å². The summed E-state index contributed by atoms with van der Waals surface area (Å²) in [5.41, 5.74) is 7.77. The van der Waals surface area contributed by atoms with E-state index in [9.17, 15) is 0 Å². The van der Waals surface area contributed by atoms with Crippen LogP contribution in [0.2, 0.25) is 0 Å². The Balaban J connectivity index is 2.61. The van der Waals surface area contributed by atoms with Gasteiger partial charge in [0.2, 0.25) is 0 Å². The van der Waals surface area contributed by atoms with Crippen LogP contribution in [-0.2, 0) is 0 Å². The van der Waals surface area contributed by atoms with E-state index in [1.807, 2.05) is 24.5 Å². The molecule has 1 aromatic carbocycles. The largest absolute Gasteiger partial charge is 0.496 e. The SMILES string of the molecule is COc1cccc(-c2cn[nH]c2N)c1SC. The van der Waals surface area contributed by atoms with E-state index in [-0.39, 0.29) is 0 Å². The minimum Gasteiger partial charge on any atom is -0.496 e. The number of methoxy groups -OCH3 is 1. The Labute approximate surface area is 98.2 Å². The lowest BCUT2D eigenvalue weighted by molar-refractivity contribution is 0.405. The van der Waals surface area contributed by atoms with Gasteiger partial charge in [-0.15, -0.1) is 11.8 Å². The van der Waals surface area contributed by atoms with Gasteiger partial charge in [0.25, 0.3) is 0 Å². The van der Waals surface area contributed by atoms with E-state index in [1.165, 1.54) is 0 Å². The molecule has 4 nitrogen and oxygen atoms in total. The van der Waals surface area contributed by atoms with Crippen molar-refractivity contribution in [2.45, 2.75) is 4.90 Å². The zero-order valence-corrected chi connectivity index (χ0v) is 9.97. The van der Waals surface area contributed by atoms with Gasteiger partial charge in [-0.05, 0) is 12.3 Å². The molecule has 0 aliphatic carbocycles. The topological polar surface area (TPSA) is 63.9 Å². The van der Waals surface area contributed by atoms with E-state index >= 15 is 0 Å². The van der Waals surface area contributed by atoms with Crippen LogP contribution in [-0.4, -0.2) is 23.6 Å². The second-order valence-electron chi connectivity index (χ2n) is 3.24. The number of aromatic amines is 1. The molecule has 0 radical (unpaired) electrons. The first-order chi connectivity index (χ1) is 7.77. The van der Waals surface area contributed by atoms with Crippen molar-refractivity contribution in [2.24, 2.45) is 0 Å². The molecule has 0 saturated heterocycles. The summed E-state index contributed by atoms with van der Waals surface area (Å²) in [5.74, 6) is 1.43. The summed E-state index contributed by atoms with van der Waals surface area (Å²) in [6, 6.07) is 5.89. The van der Waals surface area contributed by atoms with Crippen molar-refractivity contribution < 1.29 is 4.74 Å². The number of H-pyrrole nitrogens is 1. The van der Waals surface area contributed by atoms with Gasteiger partial charge in [0.05, 0.1) is 18.2 Å². The van der Waals surface area contributed by atoms with Crippen molar-refractivity contribution >= 4 is 17.6 Å². The Hall–Kier alpha value is -1.62. The van der Waals surface area contributed by atoms with Crippen molar-refractivity contribution in [1.82, 2.24) is 10.2 Å². The molecule has 0 fully saturated rings. The molecule has 0 unspecified atom stereocenters. The first-order valence-corrected chi connectivity index (χ1v) is 6.00. The van der Waals surface area contributed by atoms with Crippen molar-refractivity contribution in [3.63, 3.8) is 0 Å². The van der Waals surface area contributed by atoms with Gasteiger partial charge in [0.15, 0.2) is 0 Å². The average Bonchev–Trinajstić information content (AvgIpc) is 2.74. The molecule has 0 aliphatic heterocycles. The summed E-state index contributed by atoms with van der Waals surface area (Å²) in [5, 5.41) is 6.66. The summed E-state index contributed by atoms with van der Waals surface area (Å²) in [6.07, 6.45) is 3.74. The molecular formula is C11H13N3OS. The monoisotopic (exact) mass is 235 g/mol. The average molecular weight is 235 g/mol. The predicted molar refractivity (Wildman–Crippen MR) is 66.8 cm³/mol. The molecule has 0 aliphatic rings. The zero-order valence-electron chi connectivity index (χ0n) is 9.15. The Morgan fingerprint density at radius 3 is 2.75 bits per heavy atom. The molecule has 0 spiro atoms. The number of nitrogens with one attached hydrogen (secondary N) is 1. The second-order valence-corrected chi connectivity index (χ2v) is 4.05. The van der Waals surface area contributed by atoms with Crippen LogP contribution in [0.15, 0.2) is 29.3 Å². The highest BCUT2D eigenvalue weighted by Gasteiger charge is 2.12. The fourth-order valence-corrected chi connectivity index (χ4v) is 2.36. The second kappa shape index (κ2) is 4.49. The fourth-order valence-electron chi connectivity index (χ4n) is 1.61. The highest BCUT2D eigenvalue weighted by Crippen LogP contribution is 2.38. The van der Waals surface area contributed by atoms with Crippen molar-refractivity contribution in [3.8, 4) is 16.9 Å². The number of aromatic nitrogens is 2. The number of anilines is 1. The van der Waals surface area contributed by atoms with Crippen molar-refractivity contribution in [3.05, 3.63) is 24.4 Å². The first kappa shape index (κ1) is 10.9. The van der Waals surface area contributed by atoms with Crippen LogP contribution in [0.5, 0.6) is 5.75 Å². The van der Waals surface area contributed by atoms with Crippen LogP contribution in [0.25, 0.3) is 11.1 Å². The molecule has 84 valence electrons. The molecule has 3 N–H and O–H groups in total. The smallest absolute Gasteiger partial charge is 0.133 e. The third kappa shape index (κ3) is 1.74. The highest BCUT2D eigenvalue weighted by atomic mass is 32.2.